The molecule has 3 atom stereocenters. The summed E-state index contributed by atoms with van der Waals surface area (Å²) in [7, 11) is 0. The van der Waals surface area contributed by atoms with Crippen molar-refractivity contribution in [1.82, 2.24) is 15.5 Å². The van der Waals surface area contributed by atoms with Crippen LogP contribution in [0.2, 0.25) is 0 Å². The third-order valence-electron chi connectivity index (χ3n) is 5.78. The Hall–Kier alpha value is -0.510. The van der Waals surface area contributed by atoms with Crippen molar-refractivity contribution in [2.45, 2.75) is 63.0 Å². The van der Waals surface area contributed by atoms with E-state index < -0.39 is 6.10 Å². The number of β-amino-alcohol motifs (C(OH)–C–C–N with tert-alkyl or cyclic N) is 1. The molecular weight excluding hydrogens is 495 g/mol. The highest BCUT2D eigenvalue weighted by atomic mass is 127. The minimum absolute atomic E-state index is 0. The predicted octanol–water partition coefficient (Wildman–Crippen LogP) is 3.25. The molecule has 1 aliphatic carbocycles. The minimum atomic E-state index is -0.439. The van der Waals surface area contributed by atoms with Crippen LogP contribution in [0.5, 0.6) is 0 Å². The summed E-state index contributed by atoms with van der Waals surface area (Å²) in [5.41, 5.74) is 2.83. The molecule has 0 amide bonds. The van der Waals surface area contributed by atoms with Crippen LogP contribution in [0.15, 0.2) is 29.3 Å². The van der Waals surface area contributed by atoms with Gasteiger partial charge in [-0.15, -0.1) is 24.0 Å². The van der Waals surface area contributed by atoms with E-state index in [0.29, 0.717) is 19.1 Å². The number of nitrogens with one attached hydrogen (secondary N) is 2. The molecule has 29 heavy (non-hydrogen) atoms. The number of halogens is 1. The third-order valence-corrected chi connectivity index (χ3v) is 6.88. The van der Waals surface area contributed by atoms with Crippen molar-refractivity contribution >= 4 is 41.7 Å². The number of aliphatic imine (C=N–C) groups is 1. The maximum atomic E-state index is 10.5. The van der Waals surface area contributed by atoms with E-state index in [1.807, 2.05) is 11.8 Å². The first-order valence-electron chi connectivity index (χ1n) is 10.7. The monoisotopic (exact) mass is 532 g/mol. The number of nitrogens with zero attached hydrogens (tertiary/aromatic N) is 2. The van der Waals surface area contributed by atoms with Crippen molar-refractivity contribution in [3.05, 3.63) is 35.4 Å². The average molecular weight is 533 g/mol. The lowest BCUT2D eigenvalue weighted by atomic mass is 9.95. The molecule has 1 aromatic rings. The summed E-state index contributed by atoms with van der Waals surface area (Å²) in [5.74, 6) is 0.845. The van der Waals surface area contributed by atoms with Crippen LogP contribution in [-0.2, 0) is 13.0 Å². The molecule has 3 N–H and O–H groups in total. The van der Waals surface area contributed by atoms with Gasteiger partial charge in [0, 0.05) is 37.5 Å². The molecule has 1 saturated carbocycles. The SMILES string of the molecule is CCNC(=NCC(O)CN1CCc2ccccc2C1)NC1CCCC(SC)C1.I. The number of aliphatic hydroxyl groups is 1. The van der Waals surface area contributed by atoms with Crippen molar-refractivity contribution < 1.29 is 5.11 Å². The van der Waals surface area contributed by atoms with Gasteiger partial charge in [0.05, 0.1) is 12.6 Å². The van der Waals surface area contributed by atoms with Crippen LogP contribution in [0.25, 0.3) is 0 Å². The zero-order chi connectivity index (χ0) is 19.8. The molecule has 5 nitrogen and oxygen atoms in total. The molecule has 0 bridgehead atoms. The van der Waals surface area contributed by atoms with Crippen LogP contribution in [0.3, 0.4) is 0 Å². The lowest BCUT2D eigenvalue weighted by molar-refractivity contribution is 0.111. The molecule has 1 heterocycles. The van der Waals surface area contributed by atoms with Gasteiger partial charge in [0.2, 0.25) is 0 Å². The lowest BCUT2D eigenvalue weighted by Crippen LogP contribution is -2.46. The summed E-state index contributed by atoms with van der Waals surface area (Å²) < 4.78 is 0. The Morgan fingerprint density at radius 1 is 1.31 bits per heavy atom. The maximum absolute atomic E-state index is 10.5. The Balaban J connectivity index is 0.00000300. The number of fused-ring (bicyclic) bond motifs is 1. The van der Waals surface area contributed by atoms with Gasteiger partial charge < -0.3 is 15.7 Å². The smallest absolute Gasteiger partial charge is 0.191 e. The second kappa shape index (κ2) is 13.0. The number of guanidine groups is 1. The highest BCUT2D eigenvalue weighted by molar-refractivity contribution is 14.0. The number of thioether (sulfide) groups is 1. The van der Waals surface area contributed by atoms with E-state index in [2.05, 4.69) is 58.0 Å². The molecule has 0 spiro atoms. The van der Waals surface area contributed by atoms with E-state index in [1.165, 1.54) is 36.8 Å². The molecule has 7 heteroatoms. The largest absolute Gasteiger partial charge is 0.390 e. The zero-order valence-corrected chi connectivity index (χ0v) is 20.9. The fourth-order valence-corrected chi connectivity index (χ4v) is 5.09. The van der Waals surface area contributed by atoms with Crippen LogP contribution in [-0.4, -0.2) is 65.8 Å². The summed E-state index contributed by atoms with van der Waals surface area (Å²) in [6, 6.07) is 9.12. The van der Waals surface area contributed by atoms with Crippen LogP contribution >= 0.6 is 35.7 Å². The highest BCUT2D eigenvalue weighted by Crippen LogP contribution is 2.26. The van der Waals surface area contributed by atoms with Gasteiger partial charge in [-0.3, -0.25) is 9.89 Å². The van der Waals surface area contributed by atoms with Crippen LogP contribution < -0.4 is 10.6 Å². The average Bonchev–Trinajstić information content (AvgIpc) is 2.72. The Labute approximate surface area is 197 Å². The number of benzene rings is 1. The predicted molar refractivity (Wildman–Crippen MR) is 136 cm³/mol. The maximum Gasteiger partial charge on any atom is 0.191 e. The van der Waals surface area contributed by atoms with Crippen LogP contribution in [0.4, 0.5) is 0 Å². The molecule has 3 unspecified atom stereocenters. The van der Waals surface area contributed by atoms with E-state index in [1.54, 1.807) is 0 Å². The first-order chi connectivity index (χ1) is 13.7. The van der Waals surface area contributed by atoms with E-state index in [-0.39, 0.29) is 24.0 Å². The van der Waals surface area contributed by atoms with Gasteiger partial charge in [-0.1, -0.05) is 30.7 Å². The van der Waals surface area contributed by atoms with Gasteiger partial charge in [-0.05, 0) is 50.0 Å². The van der Waals surface area contributed by atoms with Gasteiger partial charge in [0.25, 0.3) is 0 Å². The molecular formula is C22H37IN4OS. The van der Waals surface area contributed by atoms with Crippen molar-refractivity contribution in [1.29, 1.82) is 0 Å². The second-order valence-electron chi connectivity index (χ2n) is 7.99. The fourth-order valence-electron chi connectivity index (χ4n) is 4.27. The Bertz CT molecular complexity index is 645. The second-order valence-corrected chi connectivity index (χ2v) is 9.13. The van der Waals surface area contributed by atoms with Crippen LogP contribution in [0, 0.1) is 0 Å². The quantitative estimate of drug-likeness (QED) is 0.286. The van der Waals surface area contributed by atoms with Crippen molar-refractivity contribution in [2.75, 3.05) is 32.4 Å². The van der Waals surface area contributed by atoms with E-state index in [0.717, 1.165) is 37.3 Å². The summed E-state index contributed by atoms with van der Waals surface area (Å²) in [6.45, 7) is 5.97. The number of hydrogen-bond acceptors (Lipinski definition) is 4. The van der Waals surface area contributed by atoms with Gasteiger partial charge in [-0.25, -0.2) is 0 Å². The molecule has 1 fully saturated rings. The van der Waals surface area contributed by atoms with Crippen molar-refractivity contribution in [3.63, 3.8) is 0 Å². The summed E-state index contributed by atoms with van der Waals surface area (Å²) in [5, 5.41) is 18.2. The van der Waals surface area contributed by atoms with Gasteiger partial charge in [0.15, 0.2) is 5.96 Å². The molecule has 0 saturated heterocycles. The molecule has 164 valence electrons. The molecule has 1 aliphatic heterocycles. The zero-order valence-electron chi connectivity index (χ0n) is 17.8. The molecule has 2 aliphatic rings. The highest BCUT2D eigenvalue weighted by Gasteiger charge is 2.22. The Kier molecular flexibility index (Phi) is 11.1. The number of rotatable bonds is 7. The fraction of sp³-hybridized carbons (Fsp3) is 0.682. The molecule has 3 rings (SSSR count). The van der Waals surface area contributed by atoms with Gasteiger partial charge >= 0.3 is 0 Å². The Morgan fingerprint density at radius 2 is 2.10 bits per heavy atom. The normalized spacial score (nSPS) is 23.6. The Morgan fingerprint density at radius 3 is 2.86 bits per heavy atom. The topological polar surface area (TPSA) is 59.9 Å². The molecule has 0 aromatic heterocycles. The minimum Gasteiger partial charge on any atom is -0.390 e. The van der Waals surface area contributed by atoms with E-state index in [9.17, 15) is 5.11 Å². The van der Waals surface area contributed by atoms with E-state index in [4.69, 9.17) is 0 Å². The van der Waals surface area contributed by atoms with E-state index >= 15 is 0 Å². The third kappa shape index (κ3) is 7.92. The lowest BCUT2D eigenvalue weighted by Gasteiger charge is -2.31. The molecule has 0 radical (unpaired) electrons. The van der Waals surface area contributed by atoms with Crippen LogP contribution in [0.1, 0.15) is 43.7 Å². The summed E-state index contributed by atoms with van der Waals surface area (Å²) in [4.78, 5) is 7.02. The standard InChI is InChI=1S/C22H36N4OS.HI/c1-3-23-22(25-19-9-6-10-21(13-19)28-2)24-14-20(27)16-26-12-11-17-7-4-5-8-18(17)15-26;/h4-5,7-8,19-21,27H,3,6,9-16H2,1-2H3,(H2,23,24,25);1H. The number of aliphatic hydroxyl groups excluding tert-OH is 1. The summed E-state index contributed by atoms with van der Waals surface area (Å²) in [6.07, 6.45) is 7.84. The van der Waals surface area contributed by atoms with Gasteiger partial charge in [-0.2, -0.15) is 11.8 Å². The first kappa shape index (κ1) is 24.8. The van der Waals surface area contributed by atoms with Crippen molar-refractivity contribution in [2.24, 2.45) is 4.99 Å². The van der Waals surface area contributed by atoms with Gasteiger partial charge in [0.1, 0.15) is 0 Å². The first-order valence-corrected chi connectivity index (χ1v) is 12.0. The number of hydrogen-bond donors (Lipinski definition) is 3. The molecule has 1 aromatic carbocycles. The van der Waals surface area contributed by atoms with Crippen molar-refractivity contribution in [3.8, 4) is 0 Å². The summed E-state index contributed by atoms with van der Waals surface area (Å²) >= 11 is 1.98.